The van der Waals surface area contributed by atoms with Crippen LogP contribution in [0, 0.1) is 5.92 Å². The van der Waals surface area contributed by atoms with Crippen LogP contribution in [-0.2, 0) is 5.41 Å². The van der Waals surface area contributed by atoms with Gasteiger partial charge < -0.3 is 15.3 Å². The van der Waals surface area contributed by atoms with E-state index in [-0.39, 0.29) is 5.41 Å². The molecule has 0 saturated carbocycles. The minimum absolute atomic E-state index is 0.0649. The highest BCUT2D eigenvalue weighted by Crippen LogP contribution is 2.34. The molecule has 1 fully saturated rings. The number of anilines is 1. The second kappa shape index (κ2) is 9.07. The van der Waals surface area contributed by atoms with Crippen LogP contribution in [0.3, 0.4) is 0 Å². The van der Waals surface area contributed by atoms with Crippen molar-refractivity contribution in [3.05, 3.63) is 28.8 Å². The van der Waals surface area contributed by atoms with E-state index in [0.717, 1.165) is 56.2 Å². The Morgan fingerprint density at radius 3 is 2.54 bits per heavy atom. The molecule has 0 aromatic heterocycles. The zero-order chi connectivity index (χ0) is 17.6. The zero-order valence-corrected chi connectivity index (χ0v) is 16.2. The Balaban J connectivity index is 1.70. The number of halogens is 1. The number of aliphatic hydroxyl groups excluding tert-OH is 1. The van der Waals surface area contributed by atoms with Crippen molar-refractivity contribution in [3.8, 4) is 0 Å². The fraction of sp³-hybridized carbons (Fsp3) is 0.700. The third-order valence-electron chi connectivity index (χ3n) is 4.99. The van der Waals surface area contributed by atoms with Crippen LogP contribution in [0.15, 0.2) is 18.2 Å². The number of rotatable bonds is 7. The number of nitrogens with one attached hydrogen (secondary N) is 1. The molecule has 0 atom stereocenters. The highest BCUT2D eigenvalue weighted by Gasteiger charge is 2.19. The molecule has 0 amide bonds. The molecule has 3 nitrogen and oxygen atoms in total. The van der Waals surface area contributed by atoms with Gasteiger partial charge in [-0.2, -0.15) is 0 Å². The summed E-state index contributed by atoms with van der Waals surface area (Å²) in [5.74, 6) is 0.528. The number of nitrogens with zero attached hydrogens (tertiary/aromatic N) is 1. The average Bonchev–Trinajstić information content (AvgIpc) is 2.55. The Hall–Kier alpha value is -0.770. The van der Waals surface area contributed by atoms with Crippen LogP contribution in [0.2, 0.25) is 5.02 Å². The normalized spacial score (nSPS) is 17.2. The van der Waals surface area contributed by atoms with Gasteiger partial charge in [0.1, 0.15) is 0 Å². The molecule has 1 heterocycles. The molecule has 136 valence electrons. The second-order valence-corrected chi connectivity index (χ2v) is 8.40. The molecule has 0 spiro atoms. The van der Waals surface area contributed by atoms with Crippen molar-refractivity contribution in [2.24, 2.45) is 5.92 Å². The van der Waals surface area contributed by atoms with Gasteiger partial charge in [0.15, 0.2) is 0 Å². The van der Waals surface area contributed by atoms with Gasteiger partial charge in [-0.3, -0.25) is 0 Å². The van der Waals surface area contributed by atoms with E-state index in [1.165, 1.54) is 12.0 Å². The van der Waals surface area contributed by atoms with Gasteiger partial charge in [-0.05, 0) is 68.3 Å². The topological polar surface area (TPSA) is 35.5 Å². The van der Waals surface area contributed by atoms with Crippen LogP contribution in [0.5, 0.6) is 0 Å². The van der Waals surface area contributed by atoms with Gasteiger partial charge in [0.2, 0.25) is 0 Å². The quantitative estimate of drug-likeness (QED) is 0.707. The number of unbranched alkanes of at least 4 members (excludes halogenated alkanes) is 1. The van der Waals surface area contributed by atoms with E-state index >= 15 is 0 Å². The monoisotopic (exact) mass is 352 g/mol. The minimum Gasteiger partial charge on any atom is -0.396 e. The molecule has 1 aliphatic rings. The van der Waals surface area contributed by atoms with Crippen molar-refractivity contribution in [3.63, 3.8) is 0 Å². The van der Waals surface area contributed by atoms with Gasteiger partial charge in [-0.1, -0.05) is 44.5 Å². The largest absolute Gasteiger partial charge is 0.396 e. The minimum atomic E-state index is 0.0649. The summed E-state index contributed by atoms with van der Waals surface area (Å²) >= 11 is 6.56. The predicted molar refractivity (Wildman–Crippen MR) is 104 cm³/mol. The fourth-order valence-electron chi connectivity index (χ4n) is 3.32. The lowest BCUT2D eigenvalue weighted by Crippen LogP contribution is -2.35. The van der Waals surface area contributed by atoms with E-state index in [2.05, 4.69) is 49.2 Å². The van der Waals surface area contributed by atoms with Crippen LogP contribution in [0.4, 0.5) is 5.69 Å². The third kappa shape index (κ3) is 5.65. The van der Waals surface area contributed by atoms with Crippen molar-refractivity contribution in [1.29, 1.82) is 0 Å². The Bertz CT molecular complexity index is 505. The molecule has 2 rings (SSSR count). The summed E-state index contributed by atoms with van der Waals surface area (Å²) in [7, 11) is 0. The number of likely N-dealkylation sites (tertiary alicyclic amines) is 1. The van der Waals surface area contributed by atoms with E-state index in [0.29, 0.717) is 12.5 Å². The van der Waals surface area contributed by atoms with Crippen molar-refractivity contribution in [2.75, 3.05) is 38.1 Å². The first-order valence-electron chi connectivity index (χ1n) is 9.28. The Kier molecular flexibility index (Phi) is 7.39. The SMILES string of the molecule is CC(C)(C)c1cccc(NCCCCN2CCC(CO)CC2)c1Cl. The molecule has 0 aliphatic carbocycles. The maximum absolute atomic E-state index is 9.19. The summed E-state index contributed by atoms with van der Waals surface area (Å²) in [5, 5.41) is 13.5. The molecule has 1 aromatic carbocycles. The standard InChI is InChI=1S/C20H33ClN2O/c1-20(2,3)17-7-6-8-18(19(17)21)22-11-4-5-12-23-13-9-16(15-24)10-14-23/h6-8,16,22,24H,4-5,9-15H2,1-3H3. The van der Waals surface area contributed by atoms with Crippen LogP contribution in [0.25, 0.3) is 0 Å². The van der Waals surface area contributed by atoms with E-state index in [4.69, 9.17) is 11.6 Å². The summed E-state index contributed by atoms with van der Waals surface area (Å²) in [4.78, 5) is 2.53. The van der Waals surface area contributed by atoms with Gasteiger partial charge in [0.05, 0.1) is 10.7 Å². The summed E-state index contributed by atoms with van der Waals surface area (Å²) in [5.41, 5.74) is 2.31. The van der Waals surface area contributed by atoms with E-state index in [1.807, 2.05) is 0 Å². The predicted octanol–water partition coefficient (Wildman–Crippen LogP) is 4.53. The molecule has 4 heteroatoms. The number of aliphatic hydroxyl groups is 1. The molecule has 24 heavy (non-hydrogen) atoms. The number of hydrogen-bond acceptors (Lipinski definition) is 3. The van der Waals surface area contributed by atoms with E-state index in [1.54, 1.807) is 0 Å². The summed E-state index contributed by atoms with van der Waals surface area (Å²) in [6.45, 7) is 11.3. The van der Waals surface area contributed by atoms with E-state index in [9.17, 15) is 5.11 Å². The molecule has 1 saturated heterocycles. The molecule has 0 unspecified atom stereocenters. The van der Waals surface area contributed by atoms with Crippen LogP contribution in [-0.4, -0.2) is 42.8 Å². The van der Waals surface area contributed by atoms with Crippen molar-refractivity contribution in [1.82, 2.24) is 4.90 Å². The molecular formula is C20H33ClN2O. The maximum Gasteiger partial charge on any atom is 0.0674 e. The highest BCUT2D eigenvalue weighted by atomic mass is 35.5. The highest BCUT2D eigenvalue weighted by molar-refractivity contribution is 6.34. The lowest BCUT2D eigenvalue weighted by molar-refractivity contribution is 0.130. The van der Waals surface area contributed by atoms with Gasteiger partial charge >= 0.3 is 0 Å². The first-order valence-corrected chi connectivity index (χ1v) is 9.65. The molecular weight excluding hydrogens is 320 g/mol. The van der Waals surface area contributed by atoms with Crippen LogP contribution in [0.1, 0.15) is 52.0 Å². The number of piperidine rings is 1. The van der Waals surface area contributed by atoms with E-state index < -0.39 is 0 Å². The zero-order valence-electron chi connectivity index (χ0n) is 15.4. The fourth-order valence-corrected chi connectivity index (χ4v) is 3.80. The molecule has 1 aromatic rings. The molecule has 0 radical (unpaired) electrons. The third-order valence-corrected chi connectivity index (χ3v) is 5.40. The molecule has 0 bridgehead atoms. The second-order valence-electron chi connectivity index (χ2n) is 8.02. The number of benzene rings is 1. The molecule has 2 N–H and O–H groups in total. The number of hydrogen-bond donors (Lipinski definition) is 2. The first-order chi connectivity index (χ1) is 11.4. The lowest BCUT2D eigenvalue weighted by Gasteiger charge is -2.31. The maximum atomic E-state index is 9.19. The van der Waals surface area contributed by atoms with Gasteiger partial charge in [0.25, 0.3) is 0 Å². The Morgan fingerprint density at radius 2 is 1.92 bits per heavy atom. The van der Waals surface area contributed by atoms with Crippen molar-refractivity contribution < 1.29 is 5.11 Å². The van der Waals surface area contributed by atoms with Crippen LogP contribution >= 0.6 is 11.6 Å². The van der Waals surface area contributed by atoms with Gasteiger partial charge in [-0.25, -0.2) is 0 Å². The van der Waals surface area contributed by atoms with Crippen LogP contribution < -0.4 is 5.32 Å². The summed E-state index contributed by atoms with van der Waals surface area (Å²) in [6.07, 6.45) is 4.64. The first kappa shape index (κ1) is 19.6. The Labute approximate surface area is 152 Å². The van der Waals surface area contributed by atoms with Crippen molar-refractivity contribution in [2.45, 2.75) is 51.9 Å². The summed E-state index contributed by atoms with van der Waals surface area (Å²) in [6, 6.07) is 6.26. The smallest absolute Gasteiger partial charge is 0.0674 e. The van der Waals surface area contributed by atoms with Gasteiger partial charge in [-0.15, -0.1) is 0 Å². The Morgan fingerprint density at radius 1 is 1.21 bits per heavy atom. The average molecular weight is 353 g/mol. The van der Waals surface area contributed by atoms with Crippen molar-refractivity contribution >= 4 is 17.3 Å². The van der Waals surface area contributed by atoms with Gasteiger partial charge in [0, 0.05) is 13.2 Å². The molecule has 1 aliphatic heterocycles. The summed E-state index contributed by atoms with van der Waals surface area (Å²) < 4.78 is 0. The lowest BCUT2D eigenvalue weighted by atomic mass is 9.87.